The molecular formula is C26H30FN3O4S. The maximum atomic E-state index is 13.5. The van der Waals surface area contributed by atoms with Crippen LogP contribution in [-0.4, -0.2) is 43.7 Å². The van der Waals surface area contributed by atoms with Gasteiger partial charge in [0.1, 0.15) is 5.82 Å². The summed E-state index contributed by atoms with van der Waals surface area (Å²) in [7, 11) is -3.80. The Bertz CT molecular complexity index is 1290. The Morgan fingerprint density at radius 2 is 1.83 bits per heavy atom. The Kier molecular flexibility index (Phi) is 6.17. The fourth-order valence-corrected chi connectivity index (χ4v) is 6.73. The lowest BCUT2D eigenvalue weighted by molar-refractivity contribution is -0.121. The summed E-state index contributed by atoms with van der Waals surface area (Å²) in [6, 6.07) is 9.17. The molecule has 0 bridgehead atoms. The van der Waals surface area contributed by atoms with Crippen molar-refractivity contribution in [1.82, 2.24) is 4.31 Å². The highest BCUT2D eigenvalue weighted by molar-refractivity contribution is 7.89. The quantitative estimate of drug-likeness (QED) is 0.677. The smallest absolute Gasteiger partial charge is 0.243 e. The topological polar surface area (TPSA) is 86.8 Å². The predicted molar refractivity (Wildman–Crippen MR) is 131 cm³/mol. The lowest BCUT2D eigenvalue weighted by atomic mass is 9.98. The van der Waals surface area contributed by atoms with Crippen LogP contribution in [-0.2, 0) is 26.0 Å². The molecule has 2 atom stereocenters. The van der Waals surface area contributed by atoms with Gasteiger partial charge in [0, 0.05) is 36.4 Å². The normalized spacial score (nSPS) is 22.7. The van der Waals surface area contributed by atoms with Crippen molar-refractivity contribution in [2.24, 2.45) is 11.8 Å². The van der Waals surface area contributed by atoms with Crippen LogP contribution >= 0.6 is 0 Å². The maximum Gasteiger partial charge on any atom is 0.243 e. The molecule has 186 valence electrons. The van der Waals surface area contributed by atoms with Crippen molar-refractivity contribution < 1.29 is 22.4 Å². The van der Waals surface area contributed by atoms with Crippen LogP contribution in [0.4, 0.5) is 15.8 Å². The van der Waals surface area contributed by atoms with E-state index in [1.54, 1.807) is 25.1 Å². The predicted octanol–water partition coefficient (Wildman–Crippen LogP) is 3.86. The first-order valence-electron chi connectivity index (χ1n) is 12.2. The number of piperidine rings is 1. The number of hydrogen-bond donors (Lipinski definition) is 1. The molecule has 2 amide bonds. The Labute approximate surface area is 205 Å². The van der Waals surface area contributed by atoms with Gasteiger partial charge in [-0.3, -0.25) is 9.59 Å². The van der Waals surface area contributed by atoms with Gasteiger partial charge in [0.2, 0.25) is 21.8 Å². The van der Waals surface area contributed by atoms with Gasteiger partial charge in [0.25, 0.3) is 0 Å². The van der Waals surface area contributed by atoms with Crippen molar-refractivity contribution >= 4 is 33.2 Å². The van der Waals surface area contributed by atoms with Crippen LogP contribution in [0.3, 0.4) is 0 Å². The fourth-order valence-electron chi connectivity index (χ4n) is 5.16. The largest absolute Gasteiger partial charge is 0.326 e. The zero-order chi connectivity index (χ0) is 24.9. The summed E-state index contributed by atoms with van der Waals surface area (Å²) >= 11 is 0. The number of fused-ring (bicyclic) bond motifs is 1. The molecule has 0 unspecified atom stereocenters. The summed E-state index contributed by atoms with van der Waals surface area (Å²) in [6.45, 7) is 4.14. The third kappa shape index (κ3) is 4.59. The van der Waals surface area contributed by atoms with E-state index in [0.717, 1.165) is 24.1 Å². The van der Waals surface area contributed by atoms with Gasteiger partial charge >= 0.3 is 0 Å². The molecule has 2 aromatic rings. The van der Waals surface area contributed by atoms with Crippen molar-refractivity contribution in [2.45, 2.75) is 56.9 Å². The molecule has 1 N–H and O–H groups in total. The molecule has 3 aliphatic rings. The number of carbonyl (C=O) groups is 2. The Balaban J connectivity index is 1.32. The highest BCUT2D eigenvalue weighted by Crippen LogP contribution is 2.40. The van der Waals surface area contributed by atoms with E-state index in [0.29, 0.717) is 37.1 Å². The highest BCUT2D eigenvalue weighted by atomic mass is 32.2. The van der Waals surface area contributed by atoms with Crippen LogP contribution in [0.2, 0.25) is 0 Å². The Morgan fingerprint density at radius 3 is 2.54 bits per heavy atom. The molecule has 7 nitrogen and oxygen atoms in total. The van der Waals surface area contributed by atoms with E-state index in [-0.39, 0.29) is 41.0 Å². The summed E-state index contributed by atoms with van der Waals surface area (Å²) in [6.07, 6.45) is 3.63. The number of amides is 2. The number of hydrogen-bond acceptors (Lipinski definition) is 4. The molecule has 9 heteroatoms. The maximum absolute atomic E-state index is 13.5. The van der Waals surface area contributed by atoms with Gasteiger partial charge in [-0.1, -0.05) is 0 Å². The number of benzene rings is 2. The van der Waals surface area contributed by atoms with Crippen molar-refractivity contribution in [2.75, 3.05) is 23.3 Å². The third-order valence-electron chi connectivity index (χ3n) is 7.27. The number of rotatable bonds is 5. The van der Waals surface area contributed by atoms with Gasteiger partial charge in [-0.2, -0.15) is 4.31 Å². The third-order valence-corrected chi connectivity index (χ3v) is 9.13. The van der Waals surface area contributed by atoms with Crippen molar-refractivity contribution in [3.05, 3.63) is 53.3 Å². The molecule has 1 saturated heterocycles. The number of carbonyl (C=O) groups excluding carboxylic acids is 2. The number of halogens is 1. The molecule has 2 fully saturated rings. The molecule has 0 spiro atoms. The second-order valence-corrected chi connectivity index (χ2v) is 11.9. The summed E-state index contributed by atoms with van der Waals surface area (Å²) in [5, 5.41) is 2.82. The molecule has 2 heterocycles. The summed E-state index contributed by atoms with van der Waals surface area (Å²) in [4.78, 5) is 27.6. The first kappa shape index (κ1) is 23.9. The molecule has 35 heavy (non-hydrogen) atoms. The second-order valence-electron chi connectivity index (χ2n) is 9.98. The van der Waals surface area contributed by atoms with E-state index in [1.807, 2.05) is 11.8 Å². The molecule has 2 aliphatic heterocycles. The van der Waals surface area contributed by atoms with E-state index in [1.165, 1.54) is 22.5 Å². The van der Waals surface area contributed by atoms with Crippen LogP contribution in [0.25, 0.3) is 0 Å². The van der Waals surface area contributed by atoms with E-state index in [4.69, 9.17) is 0 Å². The van der Waals surface area contributed by atoms with E-state index < -0.39 is 15.9 Å². The highest BCUT2D eigenvalue weighted by Gasteiger charge is 2.40. The van der Waals surface area contributed by atoms with Gasteiger partial charge in [0.15, 0.2) is 0 Å². The van der Waals surface area contributed by atoms with Crippen molar-refractivity contribution in [3.8, 4) is 0 Å². The average Bonchev–Trinajstić information content (AvgIpc) is 3.62. The van der Waals surface area contributed by atoms with Crippen molar-refractivity contribution in [1.29, 1.82) is 0 Å². The number of nitrogens with zero attached hydrogens (tertiary/aromatic N) is 2. The van der Waals surface area contributed by atoms with Gasteiger partial charge in [-0.15, -0.1) is 0 Å². The van der Waals surface area contributed by atoms with Crippen LogP contribution in [0.5, 0.6) is 0 Å². The van der Waals surface area contributed by atoms with E-state index in [9.17, 15) is 22.4 Å². The van der Waals surface area contributed by atoms with Gasteiger partial charge in [-0.25, -0.2) is 12.8 Å². The zero-order valence-electron chi connectivity index (χ0n) is 20.0. The number of anilines is 2. The number of nitrogens with one attached hydrogen (secondary N) is 1. The molecule has 0 aromatic heterocycles. The Morgan fingerprint density at radius 1 is 1.06 bits per heavy atom. The Hall–Kier alpha value is -2.78. The molecule has 1 aliphatic carbocycles. The first-order valence-corrected chi connectivity index (χ1v) is 13.6. The van der Waals surface area contributed by atoms with Crippen LogP contribution < -0.4 is 10.2 Å². The standard InChI is InChI=1S/C26H30FN3O4S/c1-16-12-21(27)7-9-23(16)28-25(31)19-4-3-11-29(15-19)35(33,34)22-8-10-24-20(14-22)13-17(2)30(24)26(32)18-5-6-18/h7-10,12,14,17-19H,3-6,11,13,15H2,1-2H3,(H,28,31)/t17-,19-/m0/s1. The van der Waals surface area contributed by atoms with Gasteiger partial charge < -0.3 is 10.2 Å². The minimum absolute atomic E-state index is 0.00837. The first-order chi connectivity index (χ1) is 16.6. The number of aryl methyl sites for hydroxylation is 1. The lowest BCUT2D eigenvalue weighted by Gasteiger charge is -2.31. The fraction of sp³-hybridized carbons (Fsp3) is 0.462. The monoisotopic (exact) mass is 499 g/mol. The van der Waals surface area contributed by atoms with Crippen molar-refractivity contribution in [3.63, 3.8) is 0 Å². The summed E-state index contributed by atoms with van der Waals surface area (Å²) < 4.78 is 41.7. The van der Waals surface area contributed by atoms with E-state index >= 15 is 0 Å². The molecule has 1 saturated carbocycles. The van der Waals surface area contributed by atoms with Gasteiger partial charge in [0.05, 0.1) is 10.8 Å². The SMILES string of the molecule is Cc1cc(F)ccc1NC(=O)[C@H]1CCCN(S(=O)(=O)c2ccc3c(c2)C[C@H](C)N3C(=O)C2CC2)C1. The second kappa shape index (κ2) is 9.02. The minimum atomic E-state index is -3.80. The molecule has 5 rings (SSSR count). The van der Waals surface area contributed by atoms with Crippen LogP contribution in [0, 0.1) is 24.6 Å². The van der Waals surface area contributed by atoms with Gasteiger partial charge in [-0.05, 0) is 93.5 Å². The van der Waals surface area contributed by atoms with Crippen LogP contribution in [0.1, 0.15) is 43.7 Å². The molecule has 2 aromatic carbocycles. The lowest BCUT2D eigenvalue weighted by Crippen LogP contribution is -2.43. The molecular weight excluding hydrogens is 469 g/mol. The summed E-state index contributed by atoms with van der Waals surface area (Å²) in [5.41, 5.74) is 2.80. The average molecular weight is 500 g/mol. The summed E-state index contributed by atoms with van der Waals surface area (Å²) in [5.74, 6) is -0.907. The molecule has 0 radical (unpaired) electrons. The van der Waals surface area contributed by atoms with Crippen LogP contribution in [0.15, 0.2) is 41.3 Å². The minimum Gasteiger partial charge on any atom is -0.326 e. The zero-order valence-corrected chi connectivity index (χ0v) is 20.8. The van der Waals surface area contributed by atoms with E-state index in [2.05, 4.69) is 5.32 Å². The number of sulfonamides is 1.